The largest absolute Gasteiger partial charge is 0.324 e. The van der Waals surface area contributed by atoms with E-state index in [-0.39, 0.29) is 6.04 Å². The first-order valence-corrected chi connectivity index (χ1v) is 6.79. The molecule has 0 aliphatic heterocycles. The molecule has 0 saturated heterocycles. The summed E-state index contributed by atoms with van der Waals surface area (Å²) in [4.78, 5) is 0. The van der Waals surface area contributed by atoms with E-state index in [0.717, 1.165) is 3.79 Å². The first kappa shape index (κ1) is 10.1. The second-order valence-electron chi connectivity index (χ2n) is 3.50. The zero-order valence-corrected chi connectivity index (χ0v) is 11.1. The van der Waals surface area contributed by atoms with Gasteiger partial charge in [-0.1, -0.05) is 6.42 Å². The fraction of sp³-hybridized carbons (Fsp3) is 0.556. The van der Waals surface area contributed by atoms with Crippen LogP contribution in [0.15, 0.2) is 13.6 Å². The lowest BCUT2D eigenvalue weighted by atomic mass is 9.78. The number of nitrogens with two attached hydrogens (primary N) is 1. The molecule has 0 bridgehead atoms. The normalized spacial score (nSPS) is 19.9. The topological polar surface area (TPSA) is 26.0 Å². The Kier molecular flexibility index (Phi) is 3.13. The van der Waals surface area contributed by atoms with E-state index in [1.165, 1.54) is 28.6 Å². The van der Waals surface area contributed by atoms with Gasteiger partial charge in [-0.15, -0.1) is 11.3 Å². The van der Waals surface area contributed by atoms with E-state index >= 15 is 0 Å². The highest BCUT2D eigenvalue weighted by Gasteiger charge is 2.27. The molecule has 72 valence electrons. The molecule has 1 unspecified atom stereocenters. The second-order valence-corrected chi connectivity index (χ2v) is 7.25. The summed E-state index contributed by atoms with van der Waals surface area (Å²) in [6.45, 7) is 0. The third-order valence-electron chi connectivity index (χ3n) is 2.70. The van der Waals surface area contributed by atoms with Crippen LogP contribution in [-0.2, 0) is 0 Å². The highest BCUT2D eigenvalue weighted by atomic mass is 79.9. The SMILES string of the molecule is NC(c1cc(Br)sc1Br)C1CCC1. The maximum absolute atomic E-state index is 6.17. The Balaban J connectivity index is 2.18. The predicted octanol–water partition coefficient (Wildman–Crippen LogP) is 4.07. The van der Waals surface area contributed by atoms with Crippen LogP contribution in [0.25, 0.3) is 0 Å². The maximum Gasteiger partial charge on any atom is 0.0758 e. The quantitative estimate of drug-likeness (QED) is 0.871. The molecule has 0 amide bonds. The number of thiophene rings is 1. The Morgan fingerprint density at radius 1 is 1.46 bits per heavy atom. The third-order valence-corrected chi connectivity index (χ3v) is 5.09. The van der Waals surface area contributed by atoms with Gasteiger partial charge in [0.25, 0.3) is 0 Å². The molecule has 13 heavy (non-hydrogen) atoms. The molecular weight excluding hydrogens is 314 g/mol. The van der Waals surface area contributed by atoms with Crippen LogP contribution < -0.4 is 5.73 Å². The second kappa shape index (κ2) is 4.01. The summed E-state index contributed by atoms with van der Waals surface area (Å²) in [7, 11) is 0. The van der Waals surface area contributed by atoms with Crippen molar-refractivity contribution in [2.75, 3.05) is 0 Å². The zero-order valence-electron chi connectivity index (χ0n) is 7.09. The Hall–Kier alpha value is 0.620. The lowest BCUT2D eigenvalue weighted by molar-refractivity contribution is 0.264. The van der Waals surface area contributed by atoms with Crippen molar-refractivity contribution in [2.45, 2.75) is 25.3 Å². The minimum atomic E-state index is 0.227. The number of hydrogen-bond donors (Lipinski definition) is 1. The molecule has 0 spiro atoms. The average Bonchev–Trinajstić information content (AvgIpc) is 2.26. The van der Waals surface area contributed by atoms with Gasteiger partial charge in [0.1, 0.15) is 0 Å². The first-order valence-electron chi connectivity index (χ1n) is 4.39. The van der Waals surface area contributed by atoms with Gasteiger partial charge in [-0.25, -0.2) is 0 Å². The van der Waals surface area contributed by atoms with Crippen LogP contribution in [0.3, 0.4) is 0 Å². The van der Waals surface area contributed by atoms with Crippen LogP contribution in [0.5, 0.6) is 0 Å². The summed E-state index contributed by atoms with van der Waals surface area (Å²) in [5.41, 5.74) is 7.44. The average molecular weight is 325 g/mol. The summed E-state index contributed by atoms with van der Waals surface area (Å²) in [6.07, 6.45) is 3.93. The van der Waals surface area contributed by atoms with E-state index in [4.69, 9.17) is 5.73 Å². The Bertz CT molecular complexity index is 307. The Labute approximate surface area is 99.0 Å². The molecule has 1 aromatic rings. The van der Waals surface area contributed by atoms with Crippen molar-refractivity contribution in [1.29, 1.82) is 0 Å². The summed E-state index contributed by atoms with van der Waals surface area (Å²) in [5, 5.41) is 0. The highest BCUT2D eigenvalue weighted by molar-refractivity contribution is 9.12. The van der Waals surface area contributed by atoms with Crippen molar-refractivity contribution in [3.63, 3.8) is 0 Å². The van der Waals surface area contributed by atoms with E-state index in [1.807, 2.05) is 0 Å². The monoisotopic (exact) mass is 323 g/mol. The van der Waals surface area contributed by atoms with Gasteiger partial charge in [-0.3, -0.25) is 0 Å². The molecule has 1 nitrogen and oxygen atoms in total. The van der Waals surface area contributed by atoms with E-state index in [9.17, 15) is 0 Å². The van der Waals surface area contributed by atoms with E-state index in [0.29, 0.717) is 5.92 Å². The van der Waals surface area contributed by atoms with Crippen LogP contribution in [-0.4, -0.2) is 0 Å². The van der Waals surface area contributed by atoms with Crippen LogP contribution in [0.1, 0.15) is 30.9 Å². The Morgan fingerprint density at radius 3 is 2.54 bits per heavy atom. The molecule has 1 aliphatic carbocycles. The van der Waals surface area contributed by atoms with Gasteiger partial charge in [0.05, 0.1) is 7.57 Å². The minimum absolute atomic E-state index is 0.227. The van der Waals surface area contributed by atoms with Gasteiger partial charge in [-0.05, 0) is 62.2 Å². The van der Waals surface area contributed by atoms with Crippen molar-refractivity contribution in [1.82, 2.24) is 0 Å². The standard InChI is InChI=1S/C9H11Br2NS/c10-7-4-6(9(11)13-7)8(12)5-2-1-3-5/h4-5,8H,1-3,12H2. The molecule has 1 saturated carbocycles. The molecule has 1 atom stereocenters. The summed E-state index contributed by atoms with van der Waals surface area (Å²) in [6, 6.07) is 2.36. The van der Waals surface area contributed by atoms with E-state index in [1.54, 1.807) is 11.3 Å². The third kappa shape index (κ3) is 2.01. The summed E-state index contributed by atoms with van der Waals surface area (Å²) >= 11 is 8.72. The maximum atomic E-state index is 6.17. The van der Waals surface area contributed by atoms with Crippen LogP contribution >= 0.6 is 43.2 Å². The first-order chi connectivity index (χ1) is 6.18. The molecule has 0 radical (unpaired) electrons. The van der Waals surface area contributed by atoms with Crippen molar-refractivity contribution in [3.05, 3.63) is 19.2 Å². The fourth-order valence-corrected chi connectivity index (χ4v) is 4.59. The molecule has 0 aromatic carbocycles. The lowest BCUT2D eigenvalue weighted by Crippen LogP contribution is -2.26. The van der Waals surface area contributed by atoms with Crippen LogP contribution in [0, 0.1) is 5.92 Å². The van der Waals surface area contributed by atoms with E-state index in [2.05, 4.69) is 37.9 Å². The number of hydrogen-bond acceptors (Lipinski definition) is 2. The minimum Gasteiger partial charge on any atom is -0.324 e. The van der Waals surface area contributed by atoms with Gasteiger partial charge in [0, 0.05) is 6.04 Å². The molecule has 2 rings (SSSR count). The molecular formula is C9H11Br2NS. The number of halogens is 2. The molecule has 1 fully saturated rings. The smallest absolute Gasteiger partial charge is 0.0758 e. The molecule has 1 heterocycles. The fourth-order valence-electron chi connectivity index (χ4n) is 1.63. The van der Waals surface area contributed by atoms with E-state index < -0.39 is 0 Å². The van der Waals surface area contributed by atoms with Crippen molar-refractivity contribution in [3.8, 4) is 0 Å². The van der Waals surface area contributed by atoms with Crippen LogP contribution in [0.4, 0.5) is 0 Å². The van der Waals surface area contributed by atoms with Gasteiger partial charge >= 0.3 is 0 Å². The Morgan fingerprint density at radius 2 is 2.15 bits per heavy atom. The van der Waals surface area contributed by atoms with Gasteiger partial charge in [0.15, 0.2) is 0 Å². The summed E-state index contributed by atoms with van der Waals surface area (Å²) in [5.74, 6) is 0.706. The molecule has 1 aliphatic rings. The zero-order chi connectivity index (χ0) is 9.42. The lowest BCUT2D eigenvalue weighted by Gasteiger charge is -2.31. The van der Waals surface area contributed by atoms with Gasteiger partial charge < -0.3 is 5.73 Å². The number of rotatable bonds is 2. The molecule has 2 N–H and O–H groups in total. The van der Waals surface area contributed by atoms with Gasteiger partial charge in [-0.2, -0.15) is 0 Å². The van der Waals surface area contributed by atoms with Crippen molar-refractivity contribution >= 4 is 43.2 Å². The summed E-state index contributed by atoms with van der Waals surface area (Å²) < 4.78 is 2.34. The highest BCUT2D eigenvalue weighted by Crippen LogP contribution is 2.42. The predicted molar refractivity (Wildman–Crippen MR) is 64.0 cm³/mol. The molecule has 4 heteroatoms. The van der Waals surface area contributed by atoms with Crippen molar-refractivity contribution < 1.29 is 0 Å². The molecule has 1 aromatic heterocycles. The van der Waals surface area contributed by atoms with Crippen LogP contribution in [0.2, 0.25) is 0 Å². The van der Waals surface area contributed by atoms with Gasteiger partial charge in [0.2, 0.25) is 0 Å². The van der Waals surface area contributed by atoms with Crippen molar-refractivity contribution in [2.24, 2.45) is 11.7 Å².